The number of nitrogens with zero attached hydrogens (tertiary/aromatic N) is 2. The van der Waals surface area contributed by atoms with E-state index in [1.807, 2.05) is 0 Å². The first-order valence-corrected chi connectivity index (χ1v) is 6.43. The van der Waals surface area contributed by atoms with Gasteiger partial charge in [0.1, 0.15) is 5.82 Å². The zero-order chi connectivity index (χ0) is 13.1. The SMILES string of the molecule is CNc1ncc(Br)c(Nc2cc(C)cc(C)c2)n1. The summed E-state index contributed by atoms with van der Waals surface area (Å²) in [6, 6.07) is 6.31. The lowest BCUT2D eigenvalue weighted by Crippen LogP contribution is -2.01. The van der Waals surface area contributed by atoms with Crippen molar-refractivity contribution in [2.45, 2.75) is 13.8 Å². The highest BCUT2D eigenvalue weighted by Crippen LogP contribution is 2.25. The maximum absolute atomic E-state index is 4.37. The average molecular weight is 307 g/mol. The van der Waals surface area contributed by atoms with E-state index >= 15 is 0 Å². The van der Waals surface area contributed by atoms with Gasteiger partial charge in [0.05, 0.1) is 4.47 Å². The molecule has 2 rings (SSSR count). The summed E-state index contributed by atoms with van der Waals surface area (Å²) in [6.45, 7) is 4.15. The van der Waals surface area contributed by atoms with E-state index in [9.17, 15) is 0 Å². The first-order chi connectivity index (χ1) is 8.58. The van der Waals surface area contributed by atoms with Gasteiger partial charge in [-0.3, -0.25) is 0 Å². The molecular weight excluding hydrogens is 292 g/mol. The van der Waals surface area contributed by atoms with Gasteiger partial charge in [0.15, 0.2) is 0 Å². The number of nitrogens with one attached hydrogen (secondary N) is 2. The number of benzene rings is 1. The molecule has 0 unspecified atom stereocenters. The molecule has 94 valence electrons. The number of hydrogen-bond acceptors (Lipinski definition) is 4. The predicted octanol–water partition coefficient (Wildman–Crippen LogP) is 3.64. The maximum Gasteiger partial charge on any atom is 0.224 e. The molecular formula is C13H15BrN4. The van der Waals surface area contributed by atoms with E-state index in [0.717, 1.165) is 16.0 Å². The molecule has 1 heterocycles. The molecule has 0 fully saturated rings. The van der Waals surface area contributed by atoms with E-state index in [4.69, 9.17) is 0 Å². The molecule has 4 nitrogen and oxygen atoms in total. The molecule has 0 radical (unpaired) electrons. The van der Waals surface area contributed by atoms with Crippen LogP contribution in [0.3, 0.4) is 0 Å². The smallest absolute Gasteiger partial charge is 0.224 e. The fourth-order valence-electron chi connectivity index (χ4n) is 1.76. The Morgan fingerprint density at radius 2 is 1.78 bits per heavy atom. The lowest BCUT2D eigenvalue weighted by Gasteiger charge is -2.10. The molecule has 0 spiro atoms. The van der Waals surface area contributed by atoms with E-state index in [1.54, 1.807) is 13.2 Å². The zero-order valence-electron chi connectivity index (χ0n) is 10.6. The first kappa shape index (κ1) is 12.8. The van der Waals surface area contributed by atoms with Crippen LogP contribution in [0.25, 0.3) is 0 Å². The molecule has 0 saturated carbocycles. The molecule has 0 amide bonds. The van der Waals surface area contributed by atoms with Crippen molar-refractivity contribution in [3.63, 3.8) is 0 Å². The molecule has 1 aromatic carbocycles. The Bertz CT molecular complexity index is 549. The van der Waals surface area contributed by atoms with E-state index in [1.165, 1.54) is 11.1 Å². The van der Waals surface area contributed by atoms with Gasteiger partial charge in [-0.05, 0) is 53.0 Å². The molecule has 0 atom stereocenters. The van der Waals surface area contributed by atoms with Crippen molar-refractivity contribution in [1.29, 1.82) is 0 Å². The standard InChI is InChI=1S/C13H15BrN4/c1-8-4-9(2)6-10(5-8)17-12-11(14)7-16-13(15-3)18-12/h4-7H,1-3H3,(H2,15,16,17,18). The fourth-order valence-corrected chi connectivity index (χ4v) is 2.05. The first-order valence-electron chi connectivity index (χ1n) is 5.64. The predicted molar refractivity (Wildman–Crippen MR) is 78.5 cm³/mol. The van der Waals surface area contributed by atoms with Crippen LogP contribution in [-0.2, 0) is 0 Å². The van der Waals surface area contributed by atoms with Crippen molar-refractivity contribution in [2.75, 3.05) is 17.7 Å². The minimum absolute atomic E-state index is 0.588. The van der Waals surface area contributed by atoms with Gasteiger partial charge >= 0.3 is 0 Å². The van der Waals surface area contributed by atoms with Crippen LogP contribution in [0.4, 0.5) is 17.5 Å². The summed E-state index contributed by atoms with van der Waals surface area (Å²) < 4.78 is 0.834. The van der Waals surface area contributed by atoms with E-state index < -0.39 is 0 Å². The molecule has 5 heteroatoms. The summed E-state index contributed by atoms with van der Waals surface area (Å²) in [4.78, 5) is 8.49. The molecule has 0 aliphatic carbocycles. The van der Waals surface area contributed by atoms with Crippen molar-refractivity contribution in [3.8, 4) is 0 Å². The molecule has 18 heavy (non-hydrogen) atoms. The highest BCUT2D eigenvalue weighted by molar-refractivity contribution is 9.10. The number of aryl methyl sites for hydroxylation is 2. The van der Waals surface area contributed by atoms with Gasteiger partial charge in [-0.1, -0.05) is 6.07 Å². The summed E-state index contributed by atoms with van der Waals surface area (Å²) in [5.74, 6) is 1.34. The van der Waals surface area contributed by atoms with Crippen LogP contribution in [0.5, 0.6) is 0 Å². The summed E-state index contributed by atoms with van der Waals surface area (Å²) in [6.07, 6.45) is 1.73. The van der Waals surface area contributed by atoms with Crippen LogP contribution in [-0.4, -0.2) is 17.0 Å². The van der Waals surface area contributed by atoms with Gasteiger partial charge in [0, 0.05) is 18.9 Å². The summed E-state index contributed by atoms with van der Waals surface area (Å²) in [5, 5.41) is 6.21. The van der Waals surface area contributed by atoms with Crippen molar-refractivity contribution in [1.82, 2.24) is 9.97 Å². The Kier molecular flexibility index (Phi) is 3.81. The van der Waals surface area contributed by atoms with Gasteiger partial charge in [-0.25, -0.2) is 4.98 Å². The molecule has 0 aliphatic heterocycles. The third kappa shape index (κ3) is 2.98. The summed E-state index contributed by atoms with van der Waals surface area (Å²) >= 11 is 3.44. The van der Waals surface area contributed by atoms with Crippen LogP contribution in [0.15, 0.2) is 28.9 Å². The summed E-state index contributed by atoms with van der Waals surface area (Å²) in [7, 11) is 1.80. The van der Waals surface area contributed by atoms with Crippen molar-refractivity contribution in [3.05, 3.63) is 40.0 Å². The highest BCUT2D eigenvalue weighted by atomic mass is 79.9. The molecule has 0 aliphatic rings. The second kappa shape index (κ2) is 5.35. The van der Waals surface area contributed by atoms with Gasteiger partial charge in [-0.15, -0.1) is 0 Å². The van der Waals surface area contributed by atoms with E-state index in [-0.39, 0.29) is 0 Å². The third-order valence-electron chi connectivity index (χ3n) is 2.45. The lowest BCUT2D eigenvalue weighted by atomic mass is 10.1. The molecule has 0 bridgehead atoms. The van der Waals surface area contributed by atoms with Crippen LogP contribution >= 0.6 is 15.9 Å². The second-order valence-electron chi connectivity index (χ2n) is 4.14. The van der Waals surface area contributed by atoms with Crippen LogP contribution in [0.1, 0.15) is 11.1 Å². The average Bonchev–Trinajstić information content (AvgIpc) is 2.30. The minimum Gasteiger partial charge on any atom is -0.357 e. The van der Waals surface area contributed by atoms with Gasteiger partial charge in [0.25, 0.3) is 0 Å². The maximum atomic E-state index is 4.37. The Hall–Kier alpha value is -1.62. The number of rotatable bonds is 3. The Balaban J connectivity index is 2.33. The fraction of sp³-hybridized carbons (Fsp3) is 0.231. The van der Waals surface area contributed by atoms with Gasteiger partial charge in [-0.2, -0.15) is 4.98 Å². The molecule has 2 N–H and O–H groups in total. The van der Waals surface area contributed by atoms with E-state index in [2.05, 4.69) is 68.6 Å². The largest absolute Gasteiger partial charge is 0.357 e. The van der Waals surface area contributed by atoms with Gasteiger partial charge in [0.2, 0.25) is 5.95 Å². The highest BCUT2D eigenvalue weighted by Gasteiger charge is 2.05. The Morgan fingerprint density at radius 1 is 1.11 bits per heavy atom. The topological polar surface area (TPSA) is 49.8 Å². The van der Waals surface area contributed by atoms with Crippen LogP contribution < -0.4 is 10.6 Å². The van der Waals surface area contributed by atoms with Crippen molar-refractivity contribution < 1.29 is 0 Å². The monoisotopic (exact) mass is 306 g/mol. The number of halogens is 1. The van der Waals surface area contributed by atoms with Gasteiger partial charge < -0.3 is 10.6 Å². The van der Waals surface area contributed by atoms with Crippen LogP contribution in [0, 0.1) is 13.8 Å². The number of hydrogen-bond donors (Lipinski definition) is 2. The molecule has 0 saturated heterocycles. The molecule has 1 aromatic heterocycles. The number of anilines is 3. The zero-order valence-corrected chi connectivity index (χ0v) is 12.2. The minimum atomic E-state index is 0.588. The lowest BCUT2D eigenvalue weighted by molar-refractivity contribution is 1.14. The van der Waals surface area contributed by atoms with E-state index in [0.29, 0.717) is 5.95 Å². The van der Waals surface area contributed by atoms with Crippen molar-refractivity contribution >= 4 is 33.4 Å². The molecule has 2 aromatic rings. The Labute approximate surface area is 115 Å². The normalized spacial score (nSPS) is 10.2. The van der Waals surface area contributed by atoms with Crippen molar-refractivity contribution in [2.24, 2.45) is 0 Å². The van der Waals surface area contributed by atoms with Crippen LogP contribution in [0.2, 0.25) is 0 Å². The third-order valence-corrected chi connectivity index (χ3v) is 3.03. The number of aromatic nitrogens is 2. The Morgan fingerprint density at radius 3 is 2.39 bits per heavy atom. The quantitative estimate of drug-likeness (QED) is 0.909. The summed E-state index contributed by atoms with van der Waals surface area (Å²) in [5.41, 5.74) is 3.46. The second-order valence-corrected chi connectivity index (χ2v) is 5.00.